The first-order chi connectivity index (χ1) is 24.8. The molecule has 0 saturated heterocycles. The number of anilines is 1. The second-order valence-electron chi connectivity index (χ2n) is 12.5. The standard InChI is InChI=1S/C37H53N4O9PS/c1-6-48-51(44,49-7-2)50-27-32(41(26-28(3)4)52(45,46)33-23-21-31(38)22-24-33)20-14-15-25-39-36(42)35(40-37(43)47-5)34(29-16-10-8-11-17-29)30-18-12-9-13-19-30/h8-13,16-19,21-24,28,32,34-35H,6-7,14-15,20,25-27,38H2,1-5H3,(H,39,42)(H,40,43)/t32?,35-/m0/s1. The van der Waals surface area contributed by atoms with Gasteiger partial charge in [-0.1, -0.05) is 80.9 Å². The first kappa shape index (κ1) is 42.6. The summed E-state index contributed by atoms with van der Waals surface area (Å²) in [5.74, 6) is -0.986. The summed E-state index contributed by atoms with van der Waals surface area (Å²) in [5.41, 5.74) is 7.92. The molecule has 15 heteroatoms. The Kier molecular flexibility index (Phi) is 17.3. The lowest BCUT2D eigenvalue weighted by Gasteiger charge is -2.33. The second kappa shape index (κ2) is 21.1. The van der Waals surface area contributed by atoms with Crippen LogP contribution in [0.25, 0.3) is 0 Å². The van der Waals surface area contributed by atoms with Crippen LogP contribution in [0.1, 0.15) is 64.0 Å². The van der Waals surface area contributed by atoms with E-state index in [-0.39, 0.29) is 43.7 Å². The summed E-state index contributed by atoms with van der Waals surface area (Å²) in [6.45, 7) is 7.40. The number of ether oxygens (including phenoxy) is 1. The summed E-state index contributed by atoms with van der Waals surface area (Å²) < 4.78 is 64.0. The zero-order chi connectivity index (χ0) is 38.1. The Labute approximate surface area is 308 Å². The van der Waals surface area contributed by atoms with E-state index >= 15 is 0 Å². The fourth-order valence-electron chi connectivity index (χ4n) is 5.71. The summed E-state index contributed by atoms with van der Waals surface area (Å²) in [6, 6.07) is 23.0. The predicted octanol–water partition coefficient (Wildman–Crippen LogP) is 6.33. The molecule has 2 amide bonds. The van der Waals surface area contributed by atoms with E-state index in [1.165, 1.54) is 35.7 Å². The molecule has 2 atom stereocenters. The topological polar surface area (TPSA) is 176 Å². The number of hydrogen-bond donors (Lipinski definition) is 3. The van der Waals surface area contributed by atoms with Crippen LogP contribution in [-0.2, 0) is 37.7 Å². The second-order valence-corrected chi connectivity index (χ2v) is 16.0. The maximum atomic E-state index is 14.1. The van der Waals surface area contributed by atoms with E-state index in [9.17, 15) is 22.6 Å². The summed E-state index contributed by atoms with van der Waals surface area (Å²) in [7, 11) is -6.77. The average Bonchev–Trinajstić information content (AvgIpc) is 3.12. The van der Waals surface area contributed by atoms with E-state index in [0.717, 1.165) is 11.1 Å². The van der Waals surface area contributed by atoms with Gasteiger partial charge in [-0.05, 0) is 68.0 Å². The third-order valence-corrected chi connectivity index (χ3v) is 11.6. The van der Waals surface area contributed by atoms with Crippen molar-refractivity contribution in [1.82, 2.24) is 14.9 Å². The number of benzene rings is 3. The van der Waals surface area contributed by atoms with Gasteiger partial charge in [-0.25, -0.2) is 17.8 Å². The number of phosphoric acid groups is 1. The molecule has 3 rings (SSSR count). The Morgan fingerprint density at radius 3 is 1.90 bits per heavy atom. The molecular formula is C37H53N4O9PS. The molecule has 0 aliphatic rings. The number of carbonyl (C=O) groups is 2. The van der Waals surface area contributed by atoms with Crippen molar-refractivity contribution in [2.45, 2.75) is 69.9 Å². The molecule has 0 heterocycles. The predicted molar refractivity (Wildman–Crippen MR) is 201 cm³/mol. The molecule has 0 radical (unpaired) electrons. The Morgan fingerprint density at radius 2 is 1.40 bits per heavy atom. The number of nitrogens with one attached hydrogen (secondary N) is 2. The first-order valence-corrected chi connectivity index (χ1v) is 20.4. The van der Waals surface area contributed by atoms with Gasteiger partial charge in [-0.2, -0.15) is 4.31 Å². The van der Waals surface area contributed by atoms with Gasteiger partial charge < -0.3 is 21.1 Å². The minimum Gasteiger partial charge on any atom is -0.453 e. The van der Waals surface area contributed by atoms with Crippen molar-refractivity contribution in [2.24, 2.45) is 5.92 Å². The van der Waals surface area contributed by atoms with Crippen molar-refractivity contribution in [3.8, 4) is 0 Å². The van der Waals surface area contributed by atoms with Crippen LogP contribution in [-0.4, -0.2) is 76.8 Å². The van der Waals surface area contributed by atoms with Crippen molar-refractivity contribution >= 4 is 35.5 Å². The molecule has 0 fully saturated rings. The number of alkyl carbamates (subject to hydrolysis) is 1. The number of carbonyl (C=O) groups excluding carboxylic acids is 2. The summed E-state index contributed by atoms with van der Waals surface area (Å²) in [5, 5.41) is 5.67. The van der Waals surface area contributed by atoms with E-state index in [0.29, 0.717) is 24.9 Å². The fourth-order valence-corrected chi connectivity index (χ4v) is 8.72. The molecule has 13 nitrogen and oxygen atoms in total. The Hall–Kier alpha value is -3.78. The van der Waals surface area contributed by atoms with Gasteiger partial charge >= 0.3 is 13.9 Å². The first-order valence-electron chi connectivity index (χ1n) is 17.5. The highest BCUT2D eigenvalue weighted by Crippen LogP contribution is 2.49. The van der Waals surface area contributed by atoms with Gasteiger partial charge in [-0.3, -0.25) is 18.4 Å². The minimum atomic E-state index is -4.04. The van der Waals surface area contributed by atoms with E-state index in [4.69, 9.17) is 24.0 Å². The lowest BCUT2D eigenvalue weighted by molar-refractivity contribution is -0.123. The van der Waals surface area contributed by atoms with Crippen LogP contribution in [0, 0.1) is 5.92 Å². The highest BCUT2D eigenvalue weighted by molar-refractivity contribution is 7.89. The number of sulfonamides is 1. The fraction of sp³-hybridized carbons (Fsp3) is 0.459. The molecule has 0 aliphatic heterocycles. The largest absolute Gasteiger partial charge is 0.474 e. The van der Waals surface area contributed by atoms with Crippen molar-refractivity contribution in [3.05, 3.63) is 96.1 Å². The van der Waals surface area contributed by atoms with E-state index in [1.807, 2.05) is 74.5 Å². The number of methoxy groups -OCH3 is 1. The van der Waals surface area contributed by atoms with Crippen LogP contribution in [0.5, 0.6) is 0 Å². The van der Waals surface area contributed by atoms with Crippen LogP contribution < -0.4 is 16.4 Å². The molecule has 0 saturated carbocycles. The van der Waals surface area contributed by atoms with Gasteiger partial charge in [0.05, 0.1) is 31.8 Å². The van der Waals surface area contributed by atoms with Crippen LogP contribution in [0.3, 0.4) is 0 Å². The SMILES string of the molecule is CCOP(=O)(OCC)OCC(CCCCNC(=O)[C@@H](NC(=O)OC)C(c1ccccc1)c1ccccc1)N(CC(C)C)S(=O)(=O)c1ccc(N)cc1. The molecule has 4 N–H and O–H groups in total. The zero-order valence-corrected chi connectivity index (χ0v) is 32.3. The number of hydrogen-bond acceptors (Lipinski definition) is 10. The van der Waals surface area contributed by atoms with Crippen LogP contribution in [0.4, 0.5) is 10.5 Å². The molecular weight excluding hydrogens is 707 g/mol. The molecule has 0 aliphatic carbocycles. The van der Waals surface area contributed by atoms with Crippen molar-refractivity contribution in [3.63, 3.8) is 0 Å². The lowest BCUT2D eigenvalue weighted by Crippen LogP contribution is -2.50. The molecule has 0 bridgehead atoms. The molecule has 52 heavy (non-hydrogen) atoms. The third-order valence-electron chi connectivity index (χ3n) is 8.09. The van der Waals surface area contributed by atoms with Crippen LogP contribution >= 0.6 is 7.82 Å². The maximum Gasteiger partial charge on any atom is 0.474 e. The van der Waals surface area contributed by atoms with E-state index in [1.54, 1.807) is 13.8 Å². The van der Waals surface area contributed by atoms with Crippen LogP contribution in [0.2, 0.25) is 0 Å². The number of rotatable bonds is 22. The zero-order valence-electron chi connectivity index (χ0n) is 30.6. The van der Waals surface area contributed by atoms with E-state index in [2.05, 4.69) is 10.6 Å². The molecule has 0 aromatic heterocycles. The Morgan fingerprint density at radius 1 is 0.846 bits per heavy atom. The molecule has 1 unspecified atom stereocenters. The van der Waals surface area contributed by atoms with Gasteiger partial charge in [0.2, 0.25) is 15.9 Å². The maximum absolute atomic E-state index is 14.1. The van der Waals surface area contributed by atoms with Gasteiger partial charge in [0.15, 0.2) is 0 Å². The lowest BCUT2D eigenvalue weighted by atomic mass is 9.84. The highest BCUT2D eigenvalue weighted by atomic mass is 32.2. The summed E-state index contributed by atoms with van der Waals surface area (Å²) in [6.07, 6.45) is 0.475. The smallest absolute Gasteiger partial charge is 0.453 e. The highest BCUT2D eigenvalue weighted by Gasteiger charge is 2.36. The van der Waals surface area contributed by atoms with Crippen molar-refractivity contribution in [2.75, 3.05) is 45.8 Å². The van der Waals surface area contributed by atoms with Crippen LogP contribution in [0.15, 0.2) is 89.8 Å². The number of nitrogen functional groups attached to an aromatic ring is 1. The Balaban J connectivity index is 1.83. The van der Waals surface area contributed by atoms with Gasteiger partial charge in [-0.15, -0.1) is 0 Å². The van der Waals surface area contributed by atoms with Gasteiger partial charge in [0.1, 0.15) is 6.04 Å². The quantitative estimate of drug-likeness (QED) is 0.0597. The number of nitrogens with zero attached hydrogens (tertiary/aromatic N) is 1. The molecule has 286 valence electrons. The number of nitrogens with two attached hydrogens (primary N) is 1. The van der Waals surface area contributed by atoms with Gasteiger partial charge in [0.25, 0.3) is 0 Å². The van der Waals surface area contributed by atoms with Gasteiger partial charge in [0, 0.05) is 30.7 Å². The monoisotopic (exact) mass is 760 g/mol. The van der Waals surface area contributed by atoms with Crippen molar-refractivity contribution in [1.29, 1.82) is 0 Å². The number of amides is 2. The molecule has 0 spiro atoms. The minimum absolute atomic E-state index is 0.0580. The average molecular weight is 761 g/mol. The number of phosphoric ester groups is 1. The molecule has 3 aromatic rings. The summed E-state index contributed by atoms with van der Waals surface area (Å²) >= 11 is 0. The summed E-state index contributed by atoms with van der Waals surface area (Å²) in [4.78, 5) is 26.3. The van der Waals surface area contributed by atoms with E-state index < -0.39 is 47.8 Å². The Bertz CT molecular complexity index is 1630. The molecule has 3 aromatic carbocycles. The normalized spacial score (nSPS) is 13.2. The third kappa shape index (κ3) is 12.7. The van der Waals surface area contributed by atoms with Crippen molar-refractivity contribution < 1.29 is 40.9 Å². The number of unbranched alkanes of at least 4 members (excludes halogenated alkanes) is 1.